The maximum Gasteiger partial charge on any atom is 0.407 e. The molecule has 0 spiro atoms. The average molecular weight is 528 g/mol. The van der Waals surface area contributed by atoms with Crippen molar-refractivity contribution in [3.05, 3.63) is 89.5 Å². The Balaban J connectivity index is 1.36. The van der Waals surface area contributed by atoms with Crippen LogP contribution < -0.4 is 5.32 Å². The van der Waals surface area contributed by atoms with Crippen LogP contribution in [0.3, 0.4) is 0 Å². The first kappa shape index (κ1) is 25.5. The van der Waals surface area contributed by atoms with Crippen LogP contribution in [0.5, 0.6) is 0 Å². The molecule has 3 aromatic rings. The first-order valence-corrected chi connectivity index (χ1v) is 12.9. The molecule has 3 aromatic carbocycles. The SMILES string of the molecule is O=C(N[C@@H](CCc1ccc(S(F)(F)(F)(F)F)cc1)C(=O)O)OCC1c2ccccc2-c2ccccc21. The van der Waals surface area contributed by atoms with Gasteiger partial charge in [-0.25, -0.2) is 9.59 Å². The lowest BCUT2D eigenvalue weighted by Crippen LogP contribution is -2.41. The molecule has 0 fully saturated rings. The Kier molecular flexibility index (Phi) is 6.02. The van der Waals surface area contributed by atoms with Gasteiger partial charge in [-0.15, -0.1) is 0 Å². The van der Waals surface area contributed by atoms with Crippen LogP contribution >= 0.6 is 10.2 Å². The molecule has 0 bridgehead atoms. The molecule has 2 N–H and O–H groups in total. The number of aryl methyl sites for hydroxylation is 1. The highest BCUT2D eigenvalue weighted by molar-refractivity contribution is 8.45. The van der Waals surface area contributed by atoms with Gasteiger partial charge in [0.25, 0.3) is 0 Å². The predicted octanol–water partition coefficient (Wildman–Crippen LogP) is 7.27. The molecule has 0 unspecified atom stereocenters. The summed E-state index contributed by atoms with van der Waals surface area (Å²) in [5.41, 5.74) is 4.23. The van der Waals surface area contributed by atoms with Gasteiger partial charge in [0, 0.05) is 5.92 Å². The summed E-state index contributed by atoms with van der Waals surface area (Å²) >= 11 is 0. The number of benzene rings is 3. The van der Waals surface area contributed by atoms with E-state index < -0.39 is 33.2 Å². The van der Waals surface area contributed by atoms with Crippen LogP contribution in [0.15, 0.2) is 77.7 Å². The van der Waals surface area contributed by atoms with Crippen molar-refractivity contribution in [2.24, 2.45) is 0 Å². The molecule has 1 aliphatic carbocycles. The number of nitrogens with one attached hydrogen (secondary N) is 1. The van der Waals surface area contributed by atoms with Gasteiger partial charge < -0.3 is 15.2 Å². The summed E-state index contributed by atoms with van der Waals surface area (Å²) in [5.74, 6) is -1.59. The van der Waals surface area contributed by atoms with E-state index in [-0.39, 0.29) is 43.1 Å². The lowest BCUT2D eigenvalue weighted by Gasteiger charge is -2.40. The van der Waals surface area contributed by atoms with Crippen molar-refractivity contribution in [3.8, 4) is 11.1 Å². The molecular formula is C25H22F5NO4S. The fourth-order valence-corrected chi connectivity index (χ4v) is 4.91. The largest absolute Gasteiger partial charge is 0.480 e. The number of rotatable bonds is 8. The van der Waals surface area contributed by atoms with E-state index in [1.165, 1.54) is 0 Å². The second kappa shape index (κ2) is 8.51. The first-order valence-electron chi connectivity index (χ1n) is 10.9. The van der Waals surface area contributed by atoms with Crippen LogP contribution in [-0.4, -0.2) is 29.8 Å². The number of alkyl carbamates (subject to hydrolysis) is 1. The zero-order valence-electron chi connectivity index (χ0n) is 18.7. The topological polar surface area (TPSA) is 75.6 Å². The summed E-state index contributed by atoms with van der Waals surface area (Å²) in [6.45, 7) is -0.0258. The lowest BCUT2D eigenvalue weighted by atomic mass is 9.98. The number of carboxylic acid groups (broad SMARTS) is 1. The van der Waals surface area contributed by atoms with Crippen molar-refractivity contribution in [3.63, 3.8) is 0 Å². The van der Waals surface area contributed by atoms with Crippen molar-refractivity contribution in [1.29, 1.82) is 0 Å². The molecule has 1 amide bonds. The van der Waals surface area contributed by atoms with Crippen molar-refractivity contribution >= 4 is 22.3 Å². The first-order chi connectivity index (χ1) is 16.7. The highest BCUT2D eigenvalue weighted by Gasteiger charge is 2.65. The Bertz CT molecular complexity index is 1270. The molecule has 0 aliphatic heterocycles. The van der Waals surface area contributed by atoms with E-state index in [0.29, 0.717) is 0 Å². The fraction of sp³-hybridized carbons (Fsp3) is 0.200. The van der Waals surface area contributed by atoms with Gasteiger partial charge in [-0.05, 0) is 52.8 Å². The molecule has 0 aromatic heterocycles. The van der Waals surface area contributed by atoms with Crippen LogP contribution in [0.4, 0.5) is 24.2 Å². The minimum absolute atomic E-state index is 0.0258. The predicted molar refractivity (Wildman–Crippen MR) is 126 cm³/mol. The van der Waals surface area contributed by atoms with Crippen LogP contribution in [0, 0.1) is 0 Å². The molecule has 0 radical (unpaired) electrons. The van der Waals surface area contributed by atoms with Gasteiger partial charge in [0.15, 0.2) is 0 Å². The minimum atomic E-state index is -9.78. The number of aliphatic carboxylic acids is 1. The summed E-state index contributed by atoms with van der Waals surface area (Å²) < 4.78 is 69.6. The van der Waals surface area contributed by atoms with Crippen molar-refractivity contribution in [2.75, 3.05) is 6.61 Å². The van der Waals surface area contributed by atoms with Gasteiger partial charge in [0.2, 0.25) is 0 Å². The van der Waals surface area contributed by atoms with Gasteiger partial charge in [-0.3, -0.25) is 0 Å². The molecule has 11 heteroatoms. The van der Waals surface area contributed by atoms with Crippen LogP contribution in [0.1, 0.15) is 29.0 Å². The Morgan fingerprint density at radius 3 is 1.89 bits per heavy atom. The van der Waals surface area contributed by atoms with Gasteiger partial charge in [0.05, 0.1) is 0 Å². The van der Waals surface area contributed by atoms with E-state index in [1.807, 2.05) is 48.5 Å². The number of carbonyl (C=O) groups excluding carboxylic acids is 1. The summed E-state index contributed by atoms with van der Waals surface area (Å²) in [6, 6.07) is 16.2. The normalized spacial score (nSPS) is 15.7. The van der Waals surface area contributed by atoms with E-state index in [4.69, 9.17) is 4.74 Å². The molecule has 0 saturated heterocycles. The van der Waals surface area contributed by atoms with Crippen LogP contribution in [0.25, 0.3) is 11.1 Å². The zero-order chi connectivity index (χ0) is 26.2. The maximum absolute atomic E-state index is 12.9. The van der Waals surface area contributed by atoms with E-state index in [9.17, 15) is 34.1 Å². The highest BCUT2D eigenvalue weighted by Crippen LogP contribution is 3.02. The third-order valence-electron chi connectivity index (χ3n) is 6.02. The van der Waals surface area contributed by atoms with Gasteiger partial charge >= 0.3 is 22.3 Å². The Morgan fingerprint density at radius 2 is 1.39 bits per heavy atom. The standard InChI is InChI=1S/C25H22F5NO4S/c26-36(27,28,29,30)17-12-9-16(10-13-17)11-14-23(24(32)33)31-25(34)35-15-22-20-7-3-1-5-18(20)19-6-2-4-8-21(19)22/h1-10,12-13,22-23H,11,14-15H2,(H,31,34)(H,32,33)/t23-/m0/s1. The number of amides is 1. The molecule has 1 aliphatic rings. The summed E-state index contributed by atoms with van der Waals surface area (Å²) in [6.07, 6.45) is -1.21. The average Bonchev–Trinajstić information content (AvgIpc) is 3.13. The lowest BCUT2D eigenvalue weighted by molar-refractivity contribution is -0.139. The Hall–Kier alpha value is -3.60. The third-order valence-corrected chi connectivity index (χ3v) is 7.19. The molecular weight excluding hydrogens is 505 g/mol. The Labute approximate surface area is 203 Å². The quantitative estimate of drug-likeness (QED) is 0.302. The van der Waals surface area contributed by atoms with Crippen molar-refractivity contribution in [2.45, 2.75) is 29.7 Å². The molecule has 5 nitrogen and oxygen atoms in total. The number of carboxylic acids is 1. The molecule has 36 heavy (non-hydrogen) atoms. The maximum atomic E-state index is 12.9. The van der Waals surface area contributed by atoms with E-state index in [2.05, 4.69) is 5.32 Å². The summed E-state index contributed by atoms with van der Waals surface area (Å²) in [7, 11) is -9.78. The van der Waals surface area contributed by atoms with E-state index in [0.717, 1.165) is 34.4 Å². The summed E-state index contributed by atoms with van der Waals surface area (Å²) in [5, 5.41) is 11.7. The van der Waals surface area contributed by atoms with Crippen molar-refractivity contribution in [1.82, 2.24) is 5.32 Å². The second-order valence-corrected chi connectivity index (χ2v) is 10.9. The monoisotopic (exact) mass is 527 g/mol. The highest BCUT2D eigenvalue weighted by atomic mass is 32.5. The minimum Gasteiger partial charge on any atom is -0.480 e. The van der Waals surface area contributed by atoms with Crippen LogP contribution in [0.2, 0.25) is 0 Å². The fourth-order valence-electron chi connectivity index (χ4n) is 4.26. The second-order valence-electron chi connectivity index (χ2n) is 8.51. The molecule has 0 heterocycles. The third kappa shape index (κ3) is 5.62. The van der Waals surface area contributed by atoms with Gasteiger partial charge in [-0.2, -0.15) is 0 Å². The molecule has 4 rings (SSSR count). The molecule has 192 valence electrons. The molecule has 1 atom stereocenters. The van der Waals surface area contributed by atoms with E-state index >= 15 is 0 Å². The Morgan fingerprint density at radius 1 is 0.861 bits per heavy atom. The van der Waals surface area contributed by atoms with Crippen molar-refractivity contribution < 1.29 is 38.9 Å². The number of halogens is 5. The van der Waals surface area contributed by atoms with Gasteiger partial charge in [0.1, 0.15) is 17.5 Å². The number of hydrogen-bond donors (Lipinski definition) is 2. The smallest absolute Gasteiger partial charge is 0.407 e. The number of ether oxygens (including phenoxy) is 1. The van der Waals surface area contributed by atoms with Gasteiger partial charge in [-0.1, -0.05) is 80.1 Å². The number of hydrogen-bond acceptors (Lipinski definition) is 3. The number of fused-ring (bicyclic) bond motifs is 3. The summed E-state index contributed by atoms with van der Waals surface area (Å²) in [4.78, 5) is 22.0. The van der Waals surface area contributed by atoms with Crippen LogP contribution in [-0.2, 0) is 16.0 Å². The van der Waals surface area contributed by atoms with E-state index in [1.54, 1.807) is 0 Å². The zero-order valence-corrected chi connectivity index (χ0v) is 19.5. The molecule has 0 saturated carbocycles. The number of carbonyl (C=O) groups is 2.